The maximum absolute atomic E-state index is 13.2. The molecular formula is C10H12ClF2N. The van der Waals surface area contributed by atoms with Gasteiger partial charge in [-0.3, -0.25) is 0 Å². The van der Waals surface area contributed by atoms with Gasteiger partial charge >= 0.3 is 0 Å². The number of rotatable bonds is 4. The van der Waals surface area contributed by atoms with Crippen LogP contribution < -0.4 is 5.73 Å². The highest BCUT2D eigenvalue weighted by atomic mass is 35.5. The van der Waals surface area contributed by atoms with E-state index in [4.69, 9.17) is 17.3 Å². The van der Waals surface area contributed by atoms with Crippen LogP contribution in [0.2, 0.25) is 5.02 Å². The van der Waals surface area contributed by atoms with Crippen molar-refractivity contribution in [2.75, 3.05) is 6.54 Å². The summed E-state index contributed by atoms with van der Waals surface area (Å²) in [6.45, 7) is 0.257. The van der Waals surface area contributed by atoms with E-state index in [9.17, 15) is 8.78 Å². The molecule has 0 fully saturated rings. The molecule has 0 saturated heterocycles. The fraction of sp³-hybridized carbons (Fsp3) is 0.400. The number of hydrogen-bond donors (Lipinski definition) is 1. The third-order valence-corrected chi connectivity index (χ3v) is 2.32. The summed E-state index contributed by atoms with van der Waals surface area (Å²) in [7, 11) is 0. The molecule has 0 amide bonds. The van der Waals surface area contributed by atoms with Crippen molar-refractivity contribution in [1.82, 2.24) is 0 Å². The molecule has 0 aliphatic carbocycles. The maximum Gasteiger partial charge on any atom is 0.127 e. The van der Waals surface area contributed by atoms with Crippen molar-refractivity contribution in [2.45, 2.75) is 19.0 Å². The summed E-state index contributed by atoms with van der Waals surface area (Å²) < 4.78 is 26.3. The van der Waals surface area contributed by atoms with E-state index in [0.717, 1.165) is 0 Å². The molecule has 0 spiro atoms. The van der Waals surface area contributed by atoms with Crippen molar-refractivity contribution < 1.29 is 8.78 Å². The lowest BCUT2D eigenvalue weighted by Crippen LogP contribution is -2.12. The molecule has 1 aromatic carbocycles. The predicted octanol–water partition coefficient (Wildman–Crippen LogP) is 2.71. The summed E-state index contributed by atoms with van der Waals surface area (Å²) in [6, 6.07) is 4.32. The van der Waals surface area contributed by atoms with Crippen LogP contribution in [0.4, 0.5) is 8.78 Å². The van der Waals surface area contributed by atoms with Crippen molar-refractivity contribution in [2.24, 2.45) is 5.73 Å². The monoisotopic (exact) mass is 219 g/mol. The Morgan fingerprint density at radius 2 is 2.14 bits per heavy atom. The van der Waals surface area contributed by atoms with Crippen LogP contribution in [0.25, 0.3) is 0 Å². The fourth-order valence-electron chi connectivity index (χ4n) is 1.23. The lowest BCUT2D eigenvalue weighted by atomic mass is 10.1. The zero-order valence-electron chi connectivity index (χ0n) is 7.64. The summed E-state index contributed by atoms with van der Waals surface area (Å²) in [5.74, 6) is -0.461. The number of alkyl halides is 1. The minimum absolute atomic E-state index is 0.0112. The first-order valence-electron chi connectivity index (χ1n) is 4.42. The molecule has 2 N–H and O–H groups in total. The molecule has 1 nitrogen and oxygen atoms in total. The van der Waals surface area contributed by atoms with Crippen LogP contribution in [-0.4, -0.2) is 12.7 Å². The molecule has 0 bridgehead atoms. The molecule has 0 heterocycles. The number of hydrogen-bond acceptors (Lipinski definition) is 1. The molecule has 14 heavy (non-hydrogen) atoms. The first kappa shape index (κ1) is 11.4. The van der Waals surface area contributed by atoms with Gasteiger partial charge in [-0.2, -0.15) is 0 Å². The van der Waals surface area contributed by atoms with Crippen molar-refractivity contribution in [1.29, 1.82) is 0 Å². The fourth-order valence-corrected chi connectivity index (χ4v) is 1.47. The first-order valence-corrected chi connectivity index (χ1v) is 4.80. The van der Waals surface area contributed by atoms with Crippen LogP contribution >= 0.6 is 11.6 Å². The van der Waals surface area contributed by atoms with E-state index in [1.54, 1.807) is 6.07 Å². The second kappa shape index (κ2) is 5.27. The van der Waals surface area contributed by atoms with E-state index >= 15 is 0 Å². The molecule has 0 aliphatic rings. The normalized spacial score (nSPS) is 12.9. The lowest BCUT2D eigenvalue weighted by molar-refractivity contribution is 0.313. The predicted molar refractivity (Wildman–Crippen MR) is 53.7 cm³/mol. The van der Waals surface area contributed by atoms with Crippen LogP contribution in [0.15, 0.2) is 18.2 Å². The van der Waals surface area contributed by atoms with E-state index in [1.807, 2.05) is 0 Å². The van der Waals surface area contributed by atoms with Gasteiger partial charge in [-0.05, 0) is 25.1 Å². The van der Waals surface area contributed by atoms with E-state index in [-0.39, 0.29) is 30.0 Å². The molecule has 0 saturated carbocycles. The second-order valence-corrected chi connectivity index (χ2v) is 3.49. The SMILES string of the molecule is NCCC(F)Cc1c(F)cccc1Cl. The van der Waals surface area contributed by atoms with Crippen molar-refractivity contribution in [3.05, 3.63) is 34.6 Å². The van der Waals surface area contributed by atoms with Gasteiger partial charge in [-0.25, -0.2) is 8.78 Å². The molecule has 78 valence electrons. The standard InChI is InChI=1S/C10H12ClF2N/c11-9-2-1-3-10(13)8(9)6-7(12)4-5-14/h1-3,7H,4-6,14H2. The highest BCUT2D eigenvalue weighted by Crippen LogP contribution is 2.21. The van der Waals surface area contributed by atoms with Gasteiger partial charge in [0.05, 0.1) is 0 Å². The van der Waals surface area contributed by atoms with E-state index in [0.29, 0.717) is 0 Å². The minimum atomic E-state index is -1.13. The van der Waals surface area contributed by atoms with Crippen LogP contribution in [-0.2, 0) is 6.42 Å². The van der Waals surface area contributed by atoms with Crippen LogP contribution in [0.3, 0.4) is 0 Å². The molecule has 4 heteroatoms. The van der Waals surface area contributed by atoms with Crippen molar-refractivity contribution >= 4 is 11.6 Å². The second-order valence-electron chi connectivity index (χ2n) is 3.08. The van der Waals surface area contributed by atoms with Gasteiger partial charge in [0.15, 0.2) is 0 Å². The quantitative estimate of drug-likeness (QED) is 0.828. The molecule has 1 atom stereocenters. The Morgan fingerprint density at radius 1 is 1.43 bits per heavy atom. The lowest BCUT2D eigenvalue weighted by Gasteiger charge is -2.09. The van der Waals surface area contributed by atoms with Crippen LogP contribution in [0.1, 0.15) is 12.0 Å². The molecule has 0 aliphatic heterocycles. The zero-order valence-corrected chi connectivity index (χ0v) is 8.40. The van der Waals surface area contributed by atoms with E-state index in [1.165, 1.54) is 12.1 Å². The van der Waals surface area contributed by atoms with Crippen LogP contribution in [0.5, 0.6) is 0 Å². The largest absolute Gasteiger partial charge is 0.330 e. The molecule has 1 rings (SSSR count). The van der Waals surface area contributed by atoms with Gasteiger partial charge in [0.25, 0.3) is 0 Å². The maximum atomic E-state index is 13.2. The summed E-state index contributed by atoms with van der Waals surface area (Å²) in [6.07, 6.45) is -0.915. The van der Waals surface area contributed by atoms with Crippen molar-refractivity contribution in [3.8, 4) is 0 Å². The summed E-state index contributed by atoms with van der Waals surface area (Å²) in [5.41, 5.74) is 5.42. The van der Waals surface area contributed by atoms with Gasteiger partial charge < -0.3 is 5.73 Å². The molecule has 0 aromatic heterocycles. The molecule has 0 radical (unpaired) electrons. The van der Waals surface area contributed by atoms with E-state index in [2.05, 4.69) is 0 Å². The Hall–Kier alpha value is -0.670. The highest BCUT2D eigenvalue weighted by molar-refractivity contribution is 6.31. The van der Waals surface area contributed by atoms with Gasteiger partial charge in [0, 0.05) is 17.0 Å². The Morgan fingerprint density at radius 3 is 2.71 bits per heavy atom. The van der Waals surface area contributed by atoms with Gasteiger partial charge in [-0.15, -0.1) is 0 Å². The van der Waals surface area contributed by atoms with Gasteiger partial charge in [0.1, 0.15) is 12.0 Å². The molecular weight excluding hydrogens is 208 g/mol. The summed E-state index contributed by atoms with van der Waals surface area (Å²) >= 11 is 5.74. The van der Waals surface area contributed by atoms with Crippen LogP contribution in [0, 0.1) is 5.82 Å². The van der Waals surface area contributed by atoms with E-state index < -0.39 is 12.0 Å². The summed E-state index contributed by atoms with van der Waals surface area (Å²) in [5, 5.41) is 0.268. The average molecular weight is 220 g/mol. The van der Waals surface area contributed by atoms with Gasteiger partial charge in [0.2, 0.25) is 0 Å². The Kier molecular flexibility index (Phi) is 4.29. The van der Waals surface area contributed by atoms with Gasteiger partial charge in [-0.1, -0.05) is 17.7 Å². The minimum Gasteiger partial charge on any atom is -0.330 e. The Balaban J connectivity index is 2.75. The highest BCUT2D eigenvalue weighted by Gasteiger charge is 2.13. The number of halogens is 3. The smallest absolute Gasteiger partial charge is 0.127 e. The number of benzene rings is 1. The molecule has 1 unspecified atom stereocenters. The third kappa shape index (κ3) is 2.93. The third-order valence-electron chi connectivity index (χ3n) is 1.97. The van der Waals surface area contributed by atoms with Crippen molar-refractivity contribution in [3.63, 3.8) is 0 Å². The first-order chi connectivity index (χ1) is 6.65. The Bertz CT molecular complexity index is 284. The summed E-state index contributed by atoms with van der Waals surface area (Å²) in [4.78, 5) is 0. The topological polar surface area (TPSA) is 26.0 Å². The average Bonchev–Trinajstić information content (AvgIpc) is 2.12. The molecule has 1 aromatic rings. The Labute approximate surface area is 86.9 Å². The zero-order chi connectivity index (χ0) is 10.6. The number of nitrogens with two attached hydrogens (primary N) is 1.